The summed E-state index contributed by atoms with van der Waals surface area (Å²) in [5, 5.41) is 7.03. The third-order valence-electron chi connectivity index (χ3n) is 2.06. The van der Waals surface area contributed by atoms with Crippen LogP contribution in [-0.4, -0.2) is 14.8 Å². The monoisotopic (exact) mass is 228 g/mol. The molecule has 0 bridgehead atoms. The van der Waals surface area contributed by atoms with Crippen molar-refractivity contribution in [2.75, 3.05) is 5.73 Å². The first kappa shape index (κ1) is 10.5. The van der Waals surface area contributed by atoms with Crippen molar-refractivity contribution >= 4 is 5.69 Å². The van der Waals surface area contributed by atoms with Gasteiger partial charge >= 0.3 is 6.18 Å². The van der Waals surface area contributed by atoms with Crippen molar-refractivity contribution in [3.05, 3.63) is 36.4 Å². The van der Waals surface area contributed by atoms with E-state index < -0.39 is 11.7 Å². The van der Waals surface area contributed by atoms with Gasteiger partial charge in [0, 0.05) is 11.4 Å². The lowest BCUT2D eigenvalue weighted by molar-refractivity contribution is -0.136. The number of alkyl halides is 3. The van der Waals surface area contributed by atoms with Gasteiger partial charge in [0.05, 0.1) is 5.56 Å². The second-order valence-corrected chi connectivity index (χ2v) is 3.14. The van der Waals surface area contributed by atoms with Crippen molar-refractivity contribution in [3.63, 3.8) is 0 Å². The van der Waals surface area contributed by atoms with Crippen LogP contribution in [0.4, 0.5) is 18.9 Å². The van der Waals surface area contributed by atoms with Crippen LogP contribution >= 0.6 is 0 Å². The Labute approximate surface area is 88.5 Å². The molecule has 0 aliphatic carbocycles. The first-order chi connectivity index (χ1) is 7.48. The SMILES string of the molecule is Nc1ccc(-n2cnnc2)cc1C(F)(F)F. The Morgan fingerprint density at radius 1 is 1.12 bits per heavy atom. The fourth-order valence-electron chi connectivity index (χ4n) is 1.28. The highest BCUT2D eigenvalue weighted by atomic mass is 19.4. The Bertz CT molecular complexity index is 490. The molecule has 0 fully saturated rings. The minimum absolute atomic E-state index is 0.302. The van der Waals surface area contributed by atoms with Crippen molar-refractivity contribution in [1.82, 2.24) is 14.8 Å². The molecule has 1 aromatic carbocycles. The fourth-order valence-corrected chi connectivity index (χ4v) is 1.28. The highest BCUT2D eigenvalue weighted by molar-refractivity contribution is 5.54. The van der Waals surface area contributed by atoms with Crippen molar-refractivity contribution in [1.29, 1.82) is 0 Å². The van der Waals surface area contributed by atoms with Gasteiger partial charge in [0.25, 0.3) is 0 Å². The number of nitrogens with zero attached hydrogens (tertiary/aromatic N) is 3. The smallest absolute Gasteiger partial charge is 0.398 e. The molecular weight excluding hydrogens is 221 g/mol. The predicted molar refractivity (Wildman–Crippen MR) is 50.8 cm³/mol. The third kappa shape index (κ3) is 1.83. The topological polar surface area (TPSA) is 56.7 Å². The number of nitrogens with two attached hydrogens (primary N) is 1. The molecule has 1 aromatic heterocycles. The van der Waals surface area contributed by atoms with E-state index in [1.165, 1.54) is 29.4 Å². The Kier molecular flexibility index (Phi) is 2.30. The van der Waals surface area contributed by atoms with E-state index in [2.05, 4.69) is 10.2 Å². The number of benzene rings is 1. The molecule has 4 nitrogen and oxygen atoms in total. The van der Waals surface area contributed by atoms with Gasteiger partial charge in [-0.1, -0.05) is 0 Å². The molecule has 0 amide bonds. The van der Waals surface area contributed by atoms with Gasteiger partial charge < -0.3 is 5.73 Å². The largest absolute Gasteiger partial charge is 0.418 e. The summed E-state index contributed by atoms with van der Waals surface area (Å²) < 4.78 is 39.0. The van der Waals surface area contributed by atoms with Gasteiger partial charge in [0.15, 0.2) is 0 Å². The Balaban J connectivity index is 2.52. The van der Waals surface area contributed by atoms with E-state index >= 15 is 0 Å². The zero-order chi connectivity index (χ0) is 11.8. The molecule has 0 atom stereocenters. The maximum Gasteiger partial charge on any atom is 0.418 e. The minimum Gasteiger partial charge on any atom is -0.398 e. The predicted octanol–water partition coefficient (Wildman–Crippen LogP) is 1.87. The molecule has 0 unspecified atom stereocenters. The number of halogens is 3. The molecule has 0 saturated carbocycles. The molecule has 16 heavy (non-hydrogen) atoms. The standard InChI is InChI=1S/C9H7F3N4/c10-9(11,12)7-3-6(1-2-8(7)13)16-4-14-15-5-16/h1-5H,13H2. The summed E-state index contributed by atoms with van der Waals surface area (Å²) >= 11 is 0. The number of hydrogen-bond acceptors (Lipinski definition) is 3. The van der Waals surface area contributed by atoms with Gasteiger partial charge in [-0.05, 0) is 18.2 Å². The first-order valence-corrected chi connectivity index (χ1v) is 4.30. The van der Waals surface area contributed by atoms with E-state index in [-0.39, 0.29) is 5.69 Å². The van der Waals surface area contributed by atoms with E-state index in [0.29, 0.717) is 5.69 Å². The molecule has 7 heteroatoms. The van der Waals surface area contributed by atoms with Crippen LogP contribution in [0.5, 0.6) is 0 Å². The lowest BCUT2D eigenvalue weighted by atomic mass is 10.1. The number of aromatic nitrogens is 3. The van der Waals surface area contributed by atoms with Crippen molar-refractivity contribution in [3.8, 4) is 5.69 Å². The van der Waals surface area contributed by atoms with Crippen LogP contribution in [0.15, 0.2) is 30.9 Å². The maximum atomic E-state index is 12.5. The van der Waals surface area contributed by atoms with E-state index in [4.69, 9.17) is 5.73 Å². The molecular formula is C9H7F3N4. The van der Waals surface area contributed by atoms with Gasteiger partial charge in [-0.15, -0.1) is 10.2 Å². The zero-order valence-corrected chi connectivity index (χ0v) is 7.94. The van der Waals surface area contributed by atoms with E-state index in [1.54, 1.807) is 0 Å². The molecule has 1 heterocycles. The molecule has 0 spiro atoms. The Morgan fingerprint density at radius 3 is 2.31 bits per heavy atom. The molecule has 2 aromatic rings. The number of hydrogen-bond donors (Lipinski definition) is 1. The summed E-state index contributed by atoms with van der Waals surface area (Å²) in [5.74, 6) is 0. The Hall–Kier alpha value is -2.05. The summed E-state index contributed by atoms with van der Waals surface area (Å²) in [6.07, 6.45) is -1.84. The normalized spacial score (nSPS) is 11.7. The lowest BCUT2D eigenvalue weighted by Gasteiger charge is -2.11. The number of rotatable bonds is 1. The Morgan fingerprint density at radius 2 is 1.75 bits per heavy atom. The third-order valence-corrected chi connectivity index (χ3v) is 2.06. The van der Waals surface area contributed by atoms with E-state index in [9.17, 15) is 13.2 Å². The summed E-state index contributed by atoms with van der Waals surface area (Å²) in [6, 6.07) is 3.63. The van der Waals surface area contributed by atoms with Crippen LogP contribution in [-0.2, 0) is 6.18 Å². The maximum absolute atomic E-state index is 12.5. The quantitative estimate of drug-likeness (QED) is 0.758. The van der Waals surface area contributed by atoms with Gasteiger partial charge in [-0.2, -0.15) is 13.2 Å². The van der Waals surface area contributed by atoms with Gasteiger partial charge in [-0.3, -0.25) is 4.57 Å². The van der Waals surface area contributed by atoms with Gasteiger partial charge in [0.1, 0.15) is 12.7 Å². The zero-order valence-electron chi connectivity index (χ0n) is 7.94. The molecule has 0 saturated heterocycles. The van der Waals surface area contributed by atoms with Gasteiger partial charge in [-0.25, -0.2) is 0 Å². The summed E-state index contributed by atoms with van der Waals surface area (Å²) in [4.78, 5) is 0. The summed E-state index contributed by atoms with van der Waals surface area (Å²) in [6.45, 7) is 0. The van der Waals surface area contributed by atoms with Crippen LogP contribution < -0.4 is 5.73 Å². The molecule has 2 N–H and O–H groups in total. The highest BCUT2D eigenvalue weighted by Crippen LogP contribution is 2.34. The van der Waals surface area contributed by atoms with E-state index in [0.717, 1.165) is 6.07 Å². The molecule has 0 aliphatic rings. The molecule has 0 radical (unpaired) electrons. The van der Waals surface area contributed by atoms with Crippen molar-refractivity contribution in [2.24, 2.45) is 0 Å². The number of anilines is 1. The highest BCUT2D eigenvalue weighted by Gasteiger charge is 2.33. The van der Waals surface area contributed by atoms with Crippen LogP contribution in [0.2, 0.25) is 0 Å². The second kappa shape index (κ2) is 3.51. The second-order valence-electron chi connectivity index (χ2n) is 3.14. The molecule has 84 valence electrons. The number of nitrogen functional groups attached to an aromatic ring is 1. The summed E-state index contributed by atoms with van der Waals surface area (Å²) in [7, 11) is 0. The molecule has 2 rings (SSSR count). The van der Waals surface area contributed by atoms with Crippen LogP contribution in [0.25, 0.3) is 5.69 Å². The van der Waals surface area contributed by atoms with Crippen molar-refractivity contribution in [2.45, 2.75) is 6.18 Å². The van der Waals surface area contributed by atoms with Crippen molar-refractivity contribution < 1.29 is 13.2 Å². The van der Waals surface area contributed by atoms with E-state index in [1.807, 2.05) is 0 Å². The lowest BCUT2D eigenvalue weighted by Crippen LogP contribution is -2.09. The fraction of sp³-hybridized carbons (Fsp3) is 0.111. The minimum atomic E-state index is -4.46. The first-order valence-electron chi connectivity index (χ1n) is 4.30. The van der Waals surface area contributed by atoms with Crippen LogP contribution in [0, 0.1) is 0 Å². The van der Waals surface area contributed by atoms with Gasteiger partial charge in [0.2, 0.25) is 0 Å². The average Bonchev–Trinajstić information content (AvgIpc) is 2.69. The molecule has 0 aliphatic heterocycles. The summed E-state index contributed by atoms with van der Waals surface area (Å²) in [5.41, 5.74) is 4.42. The van der Waals surface area contributed by atoms with Crippen LogP contribution in [0.3, 0.4) is 0 Å². The average molecular weight is 228 g/mol. The van der Waals surface area contributed by atoms with Crippen LogP contribution in [0.1, 0.15) is 5.56 Å².